The maximum Gasteiger partial charge on any atom is 0.260 e. The normalized spacial score (nSPS) is 14.6. The molecule has 0 bridgehead atoms. The number of hydrogen-bond acceptors (Lipinski definition) is 3. The Kier molecular flexibility index (Phi) is 5.26. The third-order valence-corrected chi connectivity index (χ3v) is 4.43. The molecule has 2 aromatic rings. The van der Waals surface area contributed by atoms with E-state index in [0.717, 1.165) is 35.1 Å². The fourth-order valence-electron chi connectivity index (χ4n) is 2.81. The second-order valence-electron chi connectivity index (χ2n) is 5.95. The maximum absolute atomic E-state index is 12.3. The predicted molar refractivity (Wildman–Crippen MR) is 96.9 cm³/mol. The molecule has 0 unspecified atom stereocenters. The highest BCUT2D eigenvalue weighted by molar-refractivity contribution is 6.30. The first-order valence-electron chi connectivity index (χ1n) is 8.09. The van der Waals surface area contributed by atoms with Crippen LogP contribution in [0.4, 0.5) is 5.69 Å². The Hall–Kier alpha value is -2.20. The van der Waals surface area contributed by atoms with Crippen LogP contribution >= 0.6 is 11.6 Å². The van der Waals surface area contributed by atoms with Crippen LogP contribution in [0.3, 0.4) is 0 Å². The van der Waals surface area contributed by atoms with Gasteiger partial charge in [0.2, 0.25) is 0 Å². The summed E-state index contributed by atoms with van der Waals surface area (Å²) in [5.74, 6) is 0.774. The van der Waals surface area contributed by atoms with Gasteiger partial charge in [-0.2, -0.15) is 0 Å². The lowest BCUT2D eigenvalue weighted by Gasteiger charge is -2.36. The topological polar surface area (TPSA) is 32.8 Å². The summed E-state index contributed by atoms with van der Waals surface area (Å²) >= 11 is 5.93. The first-order valence-corrected chi connectivity index (χ1v) is 8.47. The van der Waals surface area contributed by atoms with Gasteiger partial charge < -0.3 is 14.5 Å². The monoisotopic (exact) mass is 344 g/mol. The van der Waals surface area contributed by atoms with Crippen molar-refractivity contribution < 1.29 is 9.53 Å². The highest BCUT2D eigenvalue weighted by Crippen LogP contribution is 2.19. The van der Waals surface area contributed by atoms with Crippen molar-refractivity contribution in [3.05, 3.63) is 59.1 Å². The van der Waals surface area contributed by atoms with Crippen LogP contribution in [0.1, 0.15) is 5.56 Å². The zero-order valence-corrected chi connectivity index (χ0v) is 14.5. The van der Waals surface area contributed by atoms with E-state index in [1.54, 1.807) is 0 Å². The van der Waals surface area contributed by atoms with Gasteiger partial charge >= 0.3 is 0 Å². The van der Waals surface area contributed by atoms with Gasteiger partial charge in [-0.1, -0.05) is 23.7 Å². The summed E-state index contributed by atoms with van der Waals surface area (Å²) in [6.07, 6.45) is 0. The summed E-state index contributed by atoms with van der Waals surface area (Å²) in [6.45, 7) is 5.14. The number of ether oxygens (including phenoxy) is 1. The first-order chi connectivity index (χ1) is 11.6. The average molecular weight is 345 g/mol. The Morgan fingerprint density at radius 2 is 1.79 bits per heavy atom. The van der Waals surface area contributed by atoms with Crippen LogP contribution in [0.15, 0.2) is 48.5 Å². The van der Waals surface area contributed by atoms with E-state index in [0.29, 0.717) is 13.1 Å². The Morgan fingerprint density at radius 1 is 1.08 bits per heavy atom. The summed E-state index contributed by atoms with van der Waals surface area (Å²) < 4.78 is 5.61. The molecule has 0 radical (unpaired) electrons. The lowest BCUT2D eigenvalue weighted by Crippen LogP contribution is -2.50. The van der Waals surface area contributed by atoms with Crippen molar-refractivity contribution >= 4 is 23.2 Å². The van der Waals surface area contributed by atoms with E-state index in [1.165, 1.54) is 0 Å². The van der Waals surface area contributed by atoms with Gasteiger partial charge in [-0.15, -0.1) is 0 Å². The summed E-state index contributed by atoms with van der Waals surface area (Å²) in [5, 5.41) is 0.737. The molecule has 1 saturated heterocycles. The zero-order valence-electron chi connectivity index (χ0n) is 13.7. The van der Waals surface area contributed by atoms with Crippen molar-refractivity contribution in [1.82, 2.24) is 4.90 Å². The van der Waals surface area contributed by atoms with Gasteiger partial charge in [0, 0.05) is 36.9 Å². The second-order valence-corrected chi connectivity index (χ2v) is 6.39. The number of amides is 1. The van der Waals surface area contributed by atoms with Crippen molar-refractivity contribution in [2.45, 2.75) is 6.92 Å². The molecular weight excluding hydrogens is 324 g/mol. The number of rotatable bonds is 4. The zero-order chi connectivity index (χ0) is 16.9. The molecule has 1 aliphatic heterocycles. The van der Waals surface area contributed by atoms with Gasteiger partial charge in [0.05, 0.1) is 0 Å². The van der Waals surface area contributed by atoms with Crippen LogP contribution in [-0.2, 0) is 4.79 Å². The van der Waals surface area contributed by atoms with E-state index in [9.17, 15) is 4.79 Å². The van der Waals surface area contributed by atoms with Crippen LogP contribution in [0.2, 0.25) is 5.02 Å². The smallest absolute Gasteiger partial charge is 0.260 e. The average Bonchev–Trinajstić information content (AvgIpc) is 2.61. The standard InChI is InChI=1S/C19H21ClN2O2/c1-15-3-2-4-18(13-15)24-14-19(23)22-11-9-21(10-12-22)17-7-5-16(20)6-8-17/h2-8,13H,9-12,14H2,1H3. The summed E-state index contributed by atoms with van der Waals surface area (Å²) in [5.41, 5.74) is 2.26. The van der Waals surface area contributed by atoms with E-state index in [-0.39, 0.29) is 12.5 Å². The van der Waals surface area contributed by atoms with Crippen LogP contribution in [-0.4, -0.2) is 43.6 Å². The van der Waals surface area contributed by atoms with E-state index >= 15 is 0 Å². The quantitative estimate of drug-likeness (QED) is 0.852. The summed E-state index contributed by atoms with van der Waals surface area (Å²) in [7, 11) is 0. The minimum atomic E-state index is 0.0345. The van der Waals surface area contributed by atoms with Gasteiger partial charge in [0.25, 0.3) is 5.91 Å². The van der Waals surface area contributed by atoms with Gasteiger partial charge in [0.15, 0.2) is 6.61 Å². The Morgan fingerprint density at radius 3 is 2.46 bits per heavy atom. The molecule has 0 aliphatic carbocycles. The molecule has 1 heterocycles. The molecule has 0 atom stereocenters. The van der Waals surface area contributed by atoms with E-state index in [4.69, 9.17) is 16.3 Å². The third-order valence-electron chi connectivity index (χ3n) is 4.18. The molecule has 2 aromatic carbocycles. The largest absolute Gasteiger partial charge is 0.484 e. The minimum absolute atomic E-state index is 0.0345. The fourth-order valence-corrected chi connectivity index (χ4v) is 2.93. The molecule has 0 saturated carbocycles. The Labute approximate surface area is 147 Å². The van der Waals surface area contributed by atoms with Gasteiger partial charge in [0.1, 0.15) is 5.75 Å². The summed E-state index contributed by atoms with van der Waals surface area (Å²) in [6, 6.07) is 15.6. The molecule has 4 nitrogen and oxygen atoms in total. The number of carbonyl (C=O) groups is 1. The molecule has 0 N–H and O–H groups in total. The lowest BCUT2D eigenvalue weighted by molar-refractivity contribution is -0.133. The highest BCUT2D eigenvalue weighted by Gasteiger charge is 2.21. The Bertz CT molecular complexity index is 695. The van der Waals surface area contributed by atoms with Crippen LogP contribution in [0, 0.1) is 6.92 Å². The number of benzene rings is 2. The SMILES string of the molecule is Cc1cccc(OCC(=O)N2CCN(c3ccc(Cl)cc3)CC2)c1. The van der Waals surface area contributed by atoms with Gasteiger partial charge in [-0.3, -0.25) is 4.79 Å². The number of carbonyl (C=O) groups excluding carboxylic acids is 1. The molecule has 1 aliphatic rings. The summed E-state index contributed by atoms with van der Waals surface area (Å²) in [4.78, 5) is 16.4. The number of anilines is 1. The van der Waals surface area contributed by atoms with Crippen molar-refractivity contribution in [1.29, 1.82) is 0 Å². The molecule has 0 spiro atoms. The molecule has 0 aromatic heterocycles. The molecule has 5 heteroatoms. The van der Waals surface area contributed by atoms with E-state index in [1.807, 2.05) is 60.4 Å². The van der Waals surface area contributed by atoms with Crippen molar-refractivity contribution in [3.63, 3.8) is 0 Å². The highest BCUT2D eigenvalue weighted by atomic mass is 35.5. The number of piperazine rings is 1. The van der Waals surface area contributed by atoms with E-state index < -0.39 is 0 Å². The minimum Gasteiger partial charge on any atom is -0.484 e. The Balaban J connectivity index is 1.49. The van der Waals surface area contributed by atoms with Crippen molar-refractivity contribution in [2.75, 3.05) is 37.7 Å². The molecular formula is C19H21ClN2O2. The molecule has 3 rings (SSSR count). The van der Waals surface area contributed by atoms with Crippen LogP contribution < -0.4 is 9.64 Å². The van der Waals surface area contributed by atoms with E-state index in [2.05, 4.69) is 4.90 Å². The van der Waals surface area contributed by atoms with Gasteiger partial charge in [-0.25, -0.2) is 0 Å². The fraction of sp³-hybridized carbons (Fsp3) is 0.316. The molecule has 1 fully saturated rings. The third kappa shape index (κ3) is 4.20. The number of nitrogens with zero attached hydrogens (tertiary/aromatic N) is 2. The van der Waals surface area contributed by atoms with Crippen molar-refractivity contribution in [2.24, 2.45) is 0 Å². The molecule has 24 heavy (non-hydrogen) atoms. The van der Waals surface area contributed by atoms with Crippen molar-refractivity contribution in [3.8, 4) is 5.75 Å². The number of halogens is 1. The molecule has 126 valence electrons. The van der Waals surface area contributed by atoms with Gasteiger partial charge in [-0.05, 0) is 48.9 Å². The second kappa shape index (κ2) is 7.58. The predicted octanol–water partition coefficient (Wildman–Crippen LogP) is 3.38. The van der Waals surface area contributed by atoms with Crippen LogP contribution in [0.25, 0.3) is 0 Å². The number of hydrogen-bond donors (Lipinski definition) is 0. The molecule has 1 amide bonds. The lowest BCUT2D eigenvalue weighted by atomic mass is 10.2. The van der Waals surface area contributed by atoms with Crippen LogP contribution in [0.5, 0.6) is 5.75 Å². The maximum atomic E-state index is 12.3. The number of aryl methyl sites for hydroxylation is 1. The first kappa shape index (κ1) is 16.7.